The Morgan fingerprint density at radius 1 is 1.15 bits per heavy atom. The van der Waals surface area contributed by atoms with Gasteiger partial charge in [0.15, 0.2) is 11.5 Å². The molecule has 8 nitrogen and oxygen atoms in total. The summed E-state index contributed by atoms with van der Waals surface area (Å²) in [4.78, 5) is 8.93. The van der Waals surface area contributed by atoms with Gasteiger partial charge in [0.05, 0.1) is 11.9 Å². The first-order valence-corrected chi connectivity index (χ1v) is 8.28. The number of hydrogen-bond acceptors (Lipinski definition) is 7. The summed E-state index contributed by atoms with van der Waals surface area (Å²) >= 11 is 0. The van der Waals surface area contributed by atoms with Crippen molar-refractivity contribution >= 4 is 11.5 Å². The molecule has 3 heterocycles. The van der Waals surface area contributed by atoms with E-state index >= 15 is 0 Å². The fourth-order valence-electron chi connectivity index (χ4n) is 2.67. The van der Waals surface area contributed by atoms with E-state index in [1.165, 1.54) is 0 Å². The standard InChI is InChI=1S/C18H18N6O2/c1-25-12-15-22-18(26-23-15)8-9-19-17-11-14(13-5-3-2-4-6-13)21-16-7-10-20-24(16)17/h2-7,10-11,19H,8-9,12H2,1H3. The second kappa shape index (κ2) is 7.32. The van der Waals surface area contributed by atoms with Crippen molar-refractivity contribution in [3.05, 3.63) is 60.4 Å². The molecular weight excluding hydrogens is 332 g/mol. The number of ether oxygens (including phenoxy) is 1. The highest BCUT2D eigenvalue weighted by Gasteiger charge is 2.09. The van der Waals surface area contributed by atoms with E-state index in [2.05, 4.69) is 25.5 Å². The molecule has 0 aliphatic heterocycles. The number of fused-ring (bicyclic) bond motifs is 1. The van der Waals surface area contributed by atoms with Crippen molar-refractivity contribution in [1.82, 2.24) is 24.7 Å². The lowest BCUT2D eigenvalue weighted by Gasteiger charge is -2.10. The van der Waals surface area contributed by atoms with Gasteiger partial charge in [-0.25, -0.2) is 4.98 Å². The highest BCUT2D eigenvalue weighted by atomic mass is 16.5. The van der Waals surface area contributed by atoms with Crippen LogP contribution < -0.4 is 5.32 Å². The minimum absolute atomic E-state index is 0.343. The topological polar surface area (TPSA) is 90.4 Å². The van der Waals surface area contributed by atoms with Gasteiger partial charge in [0.25, 0.3) is 0 Å². The molecule has 0 bridgehead atoms. The summed E-state index contributed by atoms with van der Waals surface area (Å²) in [6.45, 7) is 0.970. The van der Waals surface area contributed by atoms with Crippen LogP contribution in [0.1, 0.15) is 11.7 Å². The molecule has 0 radical (unpaired) electrons. The lowest BCUT2D eigenvalue weighted by molar-refractivity contribution is 0.174. The first kappa shape index (κ1) is 16.2. The van der Waals surface area contributed by atoms with Crippen molar-refractivity contribution < 1.29 is 9.26 Å². The lowest BCUT2D eigenvalue weighted by atomic mass is 10.1. The molecule has 0 atom stereocenters. The van der Waals surface area contributed by atoms with Gasteiger partial charge >= 0.3 is 0 Å². The van der Waals surface area contributed by atoms with E-state index in [9.17, 15) is 0 Å². The minimum atomic E-state index is 0.343. The zero-order valence-corrected chi connectivity index (χ0v) is 14.3. The van der Waals surface area contributed by atoms with Crippen LogP contribution in [-0.2, 0) is 17.8 Å². The summed E-state index contributed by atoms with van der Waals surface area (Å²) in [5.74, 6) is 1.97. The molecule has 132 valence electrons. The number of aromatic nitrogens is 5. The maximum atomic E-state index is 5.20. The molecule has 3 aromatic heterocycles. The molecule has 1 aromatic carbocycles. The van der Waals surface area contributed by atoms with Gasteiger partial charge in [-0.1, -0.05) is 35.5 Å². The second-order valence-corrected chi connectivity index (χ2v) is 5.71. The van der Waals surface area contributed by atoms with Crippen LogP contribution in [0.4, 0.5) is 5.82 Å². The van der Waals surface area contributed by atoms with Gasteiger partial charge in [0.1, 0.15) is 12.4 Å². The molecule has 4 rings (SSSR count). The van der Waals surface area contributed by atoms with Gasteiger partial charge in [0.2, 0.25) is 5.89 Å². The number of benzene rings is 1. The van der Waals surface area contributed by atoms with Gasteiger partial charge < -0.3 is 14.6 Å². The molecule has 0 spiro atoms. The van der Waals surface area contributed by atoms with Crippen molar-refractivity contribution in [2.75, 3.05) is 19.0 Å². The Labute approximate surface area is 149 Å². The quantitative estimate of drug-likeness (QED) is 0.548. The van der Waals surface area contributed by atoms with E-state index in [0.717, 1.165) is 22.7 Å². The van der Waals surface area contributed by atoms with Crippen LogP contribution in [-0.4, -0.2) is 38.4 Å². The predicted octanol–water partition coefficient (Wildman–Crippen LogP) is 2.58. The number of methoxy groups -OCH3 is 1. The van der Waals surface area contributed by atoms with Crippen molar-refractivity contribution in [2.45, 2.75) is 13.0 Å². The second-order valence-electron chi connectivity index (χ2n) is 5.71. The van der Waals surface area contributed by atoms with Crippen LogP contribution in [0, 0.1) is 0 Å². The van der Waals surface area contributed by atoms with E-state index in [1.54, 1.807) is 17.8 Å². The number of nitrogens with one attached hydrogen (secondary N) is 1. The summed E-state index contributed by atoms with van der Waals surface area (Å²) in [6, 6.07) is 13.9. The summed E-state index contributed by atoms with van der Waals surface area (Å²) in [7, 11) is 1.60. The highest BCUT2D eigenvalue weighted by molar-refractivity contribution is 5.66. The van der Waals surface area contributed by atoms with Gasteiger partial charge in [-0.05, 0) is 0 Å². The van der Waals surface area contributed by atoms with Crippen LogP contribution in [0.3, 0.4) is 0 Å². The van der Waals surface area contributed by atoms with Crippen LogP contribution in [0.5, 0.6) is 0 Å². The van der Waals surface area contributed by atoms with E-state index in [4.69, 9.17) is 9.26 Å². The fraction of sp³-hybridized carbons (Fsp3) is 0.222. The van der Waals surface area contributed by atoms with Crippen molar-refractivity contribution in [2.24, 2.45) is 0 Å². The average molecular weight is 350 g/mol. The lowest BCUT2D eigenvalue weighted by Crippen LogP contribution is -2.10. The largest absolute Gasteiger partial charge is 0.377 e. The molecule has 0 amide bonds. The molecule has 0 unspecified atom stereocenters. The Kier molecular flexibility index (Phi) is 4.57. The van der Waals surface area contributed by atoms with Gasteiger partial charge in [-0.2, -0.15) is 14.6 Å². The first-order valence-electron chi connectivity index (χ1n) is 8.28. The molecule has 26 heavy (non-hydrogen) atoms. The van der Waals surface area contributed by atoms with E-state index in [1.807, 2.05) is 42.5 Å². The Morgan fingerprint density at radius 3 is 2.88 bits per heavy atom. The summed E-state index contributed by atoms with van der Waals surface area (Å²) in [6.07, 6.45) is 2.33. The molecule has 0 saturated carbocycles. The van der Waals surface area contributed by atoms with Crippen molar-refractivity contribution in [1.29, 1.82) is 0 Å². The molecule has 0 aliphatic carbocycles. The predicted molar refractivity (Wildman–Crippen MR) is 95.6 cm³/mol. The third-order valence-corrected chi connectivity index (χ3v) is 3.86. The first-order chi connectivity index (χ1) is 12.8. The van der Waals surface area contributed by atoms with Crippen molar-refractivity contribution in [3.8, 4) is 11.3 Å². The molecule has 1 N–H and O–H groups in total. The monoisotopic (exact) mass is 350 g/mol. The third kappa shape index (κ3) is 3.40. The van der Waals surface area contributed by atoms with Crippen molar-refractivity contribution in [3.63, 3.8) is 0 Å². The molecule has 0 saturated heterocycles. The summed E-state index contributed by atoms with van der Waals surface area (Å²) < 4.78 is 12.0. The minimum Gasteiger partial charge on any atom is -0.377 e. The summed E-state index contributed by atoms with van der Waals surface area (Å²) in [5.41, 5.74) is 2.73. The number of nitrogens with zero attached hydrogens (tertiary/aromatic N) is 5. The maximum absolute atomic E-state index is 5.20. The fourth-order valence-corrected chi connectivity index (χ4v) is 2.67. The summed E-state index contributed by atoms with van der Waals surface area (Å²) in [5, 5.41) is 11.6. The Balaban J connectivity index is 1.52. The Hall–Kier alpha value is -3.26. The molecule has 8 heteroatoms. The number of rotatable bonds is 7. The average Bonchev–Trinajstić information content (AvgIpc) is 3.32. The van der Waals surface area contributed by atoms with Crippen LogP contribution in [0.25, 0.3) is 16.9 Å². The van der Waals surface area contributed by atoms with Gasteiger partial charge in [0, 0.05) is 37.8 Å². The molecular formula is C18H18N6O2. The van der Waals surface area contributed by atoms with E-state index in [0.29, 0.717) is 31.3 Å². The van der Waals surface area contributed by atoms with Crippen LogP contribution >= 0.6 is 0 Å². The van der Waals surface area contributed by atoms with Crippen LogP contribution in [0.2, 0.25) is 0 Å². The van der Waals surface area contributed by atoms with E-state index < -0.39 is 0 Å². The number of hydrogen-bond donors (Lipinski definition) is 1. The van der Waals surface area contributed by atoms with Crippen LogP contribution in [0.15, 0.2) is 53.2 Å². The van der Waals surface area contributed by atoms with Gasteiger partial charge in [-0.3, -0.25) is 0 Å². The third-order valence-electron chi connectivity index (χ3n) is 3.86. The molecule has 0 aliphatic rings. The molecule has 0 fully saturated rings. The van der Waals surface area contributed by atoms with E-state index in [-0.39, 0.29) is 0 Å². The zero-order valence-electron chi connectivity index (χ0n) is 14.3. The SMILES string of the molecule is COCc1noc(CCNc2cc(-c3ccccc3)nc3ccnn23)n1. The van der Waals surface area contributed by atoms with Gasteiger partial charge in [-0.15, -0.1) is 0 Å². The zero-order chi connectivity index (χ0) is 17.8. The highest BCUT2D eigenvalue weighted by Crippen LogP contribution is 2.21. The normalized spacial score (nSPS) is 11.1. The Bertz CT molecular complexity index is 995. The molecule has 4 aromatic rings. The maximum Gasteiger partial charge on any atom is 0.228 e. The smallest absolute Gasteiger partial charge is 0.228 e. The number of anilines is 1. The Morgan fingerprint density at radius 2 is 2.04 bits per heavy atom.